The number of rotatable bonds is 11. The number of hydrogen-bond acceptors (Lipinski definition) is 7. The number of carbonyl (C=O) groups excluding carboxylic acids is 1. The first-order valence-electron chi connectivity index (χ1n) is 14.8. The van der Waals surface area contributed by atoms with E-state index in [-0.39, 0.29) is 18.1 Å². The molecule has 4 aromatic rings. The van der Waals surface area contributed by atoms with Crippen LogP contribution in [0.5, 0.6) is 11.5 Å². The summed E-state index contributed by atoms with van der Waals surface area (Å²) in [5.41, 5.74) is 2.02. The van der Waals surface area contributed by atoms with Crippen LogP contribution in [-0.4, -0.2) is 47.9 Å². The number of hydrogen-bond donors (Lipinski definition) is 2. The molecular weight excluding hydrogens is 521 g/mol. The Labute approximate surface area is 239 Å². The van der Waals surface area contributed by atoms with Crippen molar-refractivity contribution in [2.45, 2.75) is 13.5 Å². The molecule has 1 heterocycles. The van der Waals surface area contributed by atoms with Crippen molar-refractivity contribution < 1.29 is 26.9 Å². The number of anilines is 3. The Balaban J connectivity index is 1.53. The second kappa shape index (κ2) is 13.0. The third-order valence-corrected chi connectivity index (χ3v) is 5.62. The van der Waals surface area contributed by atoms with Crippen molar-refractivity contribution in [2.24, 2.45) is 0 Å². The topological polar surface area (TPSA) is 88.6 Å². The summed E-state index contributed by atoms with van der Waals surface area (Å²) in [6.45, 7) is -4.07. The SMILES string of the molecule is [2H]C([2H])([2H])N(CC=CC(=O)Nc1cc2c(Nc3ccc(OCc4cccc(F)c4)c(Cl)c3)ncnc2cc1OCC)C([2H])([2H])[2H]. The highest BCUT2D eigenvalue weighted by molar-refractivity contribution is 6.32. The van der Waals surface area contributed by atoms with Crippen LogP contribution in [0.3, 0.4) is 0 Å². The van der Waals surface area contributed by atoms with Crippen LogP contribution in [0.4, 0.5) is 21.6 Å². The Bertz CT molecular complexity index is 1690. The maximum Gasteiger partial charge on any atom is 0.248 e. The third-order valence-electron chi connectivity index (χ3n) is 5.33. The second-order valence-corrected chi connectivity index (χ2v) is 8.62. The summed E-state index contributed by atoms with van der Waals surface area (Å²) in [6, 6.07) is 14.3. The zero-order valence-corrected chi connectivity index (χ0v) is 21.6. The zero-order valence-electron chi connectivity index (χ0n) is 26.9. The van der Waals surface area contributed by atoms with Crippen molar-refractivity contribution in [1.29, 1.82) is 0 Å². The third kappa shape index (κ3) is 7.66. The van der Waals surface area contributed by atoms with E-state index in [1.807, 2.05) is 0 Å². The second-order valence-electron chi connectivity index (χ2n) is 8.21. The van der Waals surface area contributed by atoms with E-state index in [2.05, 4.69) is 20.6 Å². The predicted octanol–water partition coefficient (Wildman–Crippen LogP) is 6.20. The van der Waals surface area contributed by atoms with Crippen LogP contribution in [0.15, 0.2) is 73.1 Å². The number of likely N-dealkylation sites (N-methyl/N-ethyl adjacent to an activating group) is 1. The number of carbonyl (C=O) groups is 1. The molecule has 0 spiro atoms. The summed E-state index contributed by atoms with van der Waals surface area (Å²) >= 11 is 6.45. The Morgan fingerprint density at radius 3 is 2.77 bits per heavy atom. The van der Waals surface area contributed by atoms with Crippen molar-refractivity contribution in [3.05, 3.63) is 89.5 Å². The summed E-state index contributed by atoms with van der Waals surface area (Å²) in [5, 5.41) is 6.70. The van der Waals surface area contributed by atoms with E-state index in [0.717, 1.165) is 12.2 Å². The maximum absolute atomic E-state index is 13.5. The van der Waals surface area contributed by atoms with Crippen molar-refractivity contribution in [3.63, 3.8) is 0 Å². The molecule has 0 unspecified atom stereocenters. The lowest BCUT2D eigenvalue weighted by atomic mass is 10.1. The Kier molecular flexibility index (Phi) is 6.92. The van der Waals surface area contributed by atoms with Gasteiger partial charge in [0.15, 0.2) is 0 Å². The first-order chi connectivity index (χ1) is 21.2. The van der Waals surface area contributed by atoms with Crippen molar-refractivity contribution in [1.82, 2.24) is 14.9 Å². The molecule has 0 atom stereocenters. The molecule has 0 bridgehead atoms. The molecule has 0 saturated carbocycles. The Morgan fingerprint density at radius 1 is 1.13 bits per heavy atom. The highest BCUT2D eigenvalue weighted by Gasteiger charge is 2.14. The fraction of sp³-hybridized carbons (Fsp3) is 0.207. The molecule has 0 aliphatic heterocycles. The lowest BCUT2D eigenvalue weighted by molar-refractivity contribution is -0.111. The van der Waals surface area contributed by atoms with Gasteiger partial charge in [-0.05, 0) is 62.8 Å². The van der Waals surface area contributed by atoms with Gasteiger partial charge < -0.3 is 25.0 Å². The Morgan fingerprint density at radius 2 is 2.00 bits per heavy atom. The fourth-order valence-electron chi connectivity index (χ4n) is 3.62. The van der Waals surface area contributed by atoms with Gasteiger partial charge in [0.05, 0.1) is 22.8 Å². The molecule has 1 amide bonds. The van der Waals surface area contributed by atoms with Gasteiger partial charge in [-0.3, -0.25) is 4.79 Å². The fourth-order valence-corrected chi connectivity index (χ4v) is 3.85. The highest BCUT2D eigenvalue weighted by atomic mass is 35.5. The van der Waals surface area contributed by atoms with E-state index in [9.17, 15) is 9.18 Å². The number of benzene rings is 3. The zero-order chi connectivity index (χ0) is 32.8. The predicted molar refractivity (Wildman–Crippen MR) is 152 cm³/mol. The lowest BCUT2D eigenvalue weighted by Gasteiger charge is -2.15. The quantitative estimate of drug-likeness (QED) is 0.213. The van der Waals surface area contributed by atoms with Crippen LogP contribution in [0.1, 0.15) is 20.7 Å². The normalized spacial score (nSPS) is 14.2. The van der Waals surface area contributed by atoms with Gasteiger partial charge in [0, 0.05) is 38.0 Å². The molecule has 0 aliphatic rings. The van der Waals surface area contributed by atoms with Crippen LogP contribution >= 0.6 is 11.6 Å². The number of nitrogens with zero attached hydrogens (tertiary/aromatic N) is 3. The number of halogens is 2. The van der Waals surface area contributed by atoms with E-state index in [1.165, 1.54) is 18.5 Å². The first kappa shape index (κ1) is 20.7. The van der Waals surface area contributed by atoms with Gasteiger partial charge in [0.2, 0.25) is 5.91 Å². The van der Waals surface area contributed by atoms with Crippen LogP contribution in [0.25, 0.3) is 10.9 Å². The van der Waals surface area contributed by atoms with E-state index in [4.69, 9.17) is 29.3 Å². The molecular formula is C29H29ClFN5O3. The van der Waals surface area contributed by atoms with E-state index in [1.54, 1.807) is 49.4 Å². The van der Waals surface area contributed by atoms with Crippen LogP contribution in [0, 0.1) is 5.82 Å². The molecule has 1 aromatic heterocycles. The van der Waals surface area contributed by atoms with Crippen LogP contribution in [-0.2, 0) is 11.4 Å². The van der Waals surface area contributed by atoms with Gasteiger partial charge in [0.1, 0.15) is 36.1 Å². The molecule has 8 nitrogen and oxygen atoms in total. The van der Waals surface area contributed by atoms with E-state index >= 15 is 0 Å². The minimum Gasteiger partial charge on any atom is -0.492 e. The molecule has 0 aliphatic carbocycles. The van der Waals surface area contributed by atoms with E-state index < -0.39 is 26.4 Å². The monoisotopic (exact) mass is 555 g/mol. The largest absolute Gasteiger partial charge is 0.492 e. The average Bonchev–Trinajstić information content (AvgIpc) is 2.94. The van der Waals surface area contributed by atoms with E-state index in [0.29, 0.717) is 56.0 Å². The molecule has 0 radical (unpaired) electrons. The lowest BCUT2D eigenvalue weighted by Crippen LogP contribution is -2.13. The van der Waals surface area contributed by atoms with Gasteiger partial charge in [-0.25, -0.2) is 14.4 Å². The summed E-state index contributed by atoms with van der Waals surface area (Å²) in [5.74, 6) is 0.118. The van der Waals surface area contributed by atoms with Crippen molar-refractivity contribution >= 4 is 45.6 Å². The molecule has 0 fully saturated rings. The molecule has 202 valence electrons. The van der Waals surface area contributed by atoms with Crippen LogP contribution in [0.2, 0.25) is 5.02 Å². The maximum atomic E-state index is 13.5. The summed E-state index contributed by atoms with van der Waals surface area (Å²) in [4.78, 5) is 21.7. The standard InChI is InChI=1S/C29H29ClFN5O3/c1-4-38-27-16-24-22(15-25(27)35-28(37)9-6-12-36(2)3)29(33-18-32-24)34-21-10-11-26(23(30)14-21)39-17-19-7-5-8-20(31)13-19/h5-11,13-16,18H,4,12,17H2,1-3H3,(H,35,37)(H,32,33,34)/i2D3,3D3. The summed E-state index contributed by atoms with van der Waals surface area (Å²) in [7, 11) is 0. The molecule has 4 rings (SSSR count). The summed E-state index contributed by atoms with van der Waals surface area (Å²) in [6.07, 6.45) is 3.56. The minimum absolute atomic E-state index is 0.129. The number of nitrogens with one attached hydrogen (secondary N) is 2. The average molecular weight is 556 g/mol. The number of fused-ring (bicyclic) bond motifs is 1. The highest BCUT2D eigenvalue weighted by Crippen LogP contribution is 2.35. The van der Waals surface area contributed by atoms with Gasteiger partial charge in [-0.15, -0.1) is 0 Å². The number of amides is 1. The molecule has 39 heavy (non-hydrogen) atoms. The minimum atomic E-state index is -2.88. The first-order valence-corrected chi connectivity index (χ1v) is 12.2. The van der Waals surface area contributed by atoms with Crippen molar-refractivity contribution in [2.75, 3.05) is 37.7 Å². The smallest absolute Gasteiger partial charge is 0.248 e. The van der Waals surface area contributed by atoms with Gasteiger partial charge in [-0.2, -0.15) is 0 Å². The molecule has 0 saturated heterocycles. The van der Waals surface area contributed by atoms with Gasteiger partial charge in [-0.1, -0.05) is 29.8 Å². The van der Waals surface area contributed by atoms with Gasteiger partial charge >= 0.3 is 0 Å². The molecule has 10 heteroatoms. The Hall–Kier alpha value is -4.21. The van der Waals surface area contributed by atoms with Crippen molar-refractivity contribution in [3.8, 4) is 11.5 Å². The van der Waals surface area contributed by atoms with Crippen LogP contribution < -0.4 is 20.1 Å². The number of ether oxygens (including phenoxy) is 2. The summed E-state index contributed by atoms with van der Waals surface area (Å²) < 4.78 is 69.6. The molecule has 2 N–H and O–H groups in total. The molecule has 3 aromatic carbocycles. The number of aromatic nitrogens is 2. The van der Waals surface area contributed by atoms with Gasteiger partial charge in [0.25, 0.3) is 0 Å².